The number of hydrogen-bond acceptors (Lipinski definition) is 2. The Kier molecular flexibility index (Phi) is 3.98. The highest BCUT2D eigenvalue weighted by atomic mass is 19.1. The molecule has 0 spiro atoms. The van der Waals surface area contributed by atoms with Gasteiger partial charge in [-0.3, -0.25) is 0 Å². The Morgan fingerprint density at radius 3 is 2.76 bits per heavy atom. The summed E-state index contributed by atoms with van der Waals surface area (Å²) in [7, 11) is 0. The minimum Gasteiger partial charge on any atom is -0.332 e. The molecule has 2 aromatic rings. The molecule has 0 bridgehead atoms. The van der Waals surface area contributed by atoms with E-state index in [0.29, 0.717) is 12.5 Å². The van der Waals surface area contributed by atoms with Crippen molar-refractivity contribution in [1.82, 2.24) is 14.5 Å². The van der Waals surface area contributed by atoms with Crippen LogP contribution in [0.2, 0.25) is 0 Å². The molecule has 2 aromatic heterocycles. The smallest absolute Gasteiger partial charge is 0.139 e. The van der Waals surface area contributed by atoms with E-state index in [4.69, 9.17) is 0 Å². The SMILES string of the molecule is CC(C)(F)CN1CCC(Cn2ccc3cccnc32)CC1. The second-order valence-electron chi connectivity index (χ2n) is 6.82. The Morgan fingerprint density at radius 2 is 2.05 bits per heavy atom. The molecule has 1 aliphatic rings. The van der Waals surface area contributed by atoms with Crippen LogP contribution in [0, 0.1) is 5.92 Å². The van der Waals surface area contributed by atoms with Crippen molar-refractivity contribution in [3.8, 4) is 0 Å². The van der Waals surface area contributed by atoms with Gasteiger partial charge in [0.1, 0.15) is 11.3 Å². The van der Waals surface area contributed by atoms with E-state index in [1.54, 1.807) is 13.8 Å². The Balaban J connectivity index is 1.58. The highest BCUT2D eigenvalue weighted by Gasteiger charge is 2.25. The van der Waals surface area contributed by atoms with Gasteiger partial charge >= 0.3 is 0 Å². The molecule has 21 heavy (non-hydrogen) atoms. The topological polar surface area (TPSA) is 21.1 Å². The van der Waals surface area contributed by atoms with Crippen LogP contribution in [0.15, 0.2) is 30.6 Å². The summed E-state index contributed by atoms with van der Waals surface area (Å²) < 4.78 is 16.0. The van der Waals surface area contributed by atoms with Gasteiger partial charge in [0.25, 0.3) is 0 Å². The van der Waals surface area contributed by atoms with E-state index in [0.717, 1.165) is 38.1 Å². The molecule has 1 saturated heterocycles. The van der Waals surface area contributed by atoms with Crippen LogP contribution in [0.4, 0.5) is 4.39 Å². The number of hydrogen-bond donors (Lipinski definition) is 0. The maximum atomic E-state index is 13.7. The zero-order chi connectivity index (χ0) is 14.9. The lowest BCUT2D eigenvalue weighted by molar-refractivity contribution is 0.0928. The summed E-state index contributed by atoms with van der Waals surface area (Å²) in [6.45, 7) is 6.91. The number of piperidine rings is 1. The molecule has 114 valence electrons. The molecule has 0 aliphatic carbocycles. The number of likely N-dealkylation sites (tertiary alicyclic amines) is 1. The van der Waals surface area contributed by atoms with Gasteiger partial charge in [-0.2, -0.15) is 0 Å². The minimum atomic E-state index is -1.09. The minimum absolute atomic E-state index is 0.549. The fourth-order valence-electron chi connectivity index (χ4n) is 3.30. The molecular weight excluding hydrogens is 265 g/mol. The van der Waals surface area contributed by atoms with Crippen molar-refractivity contribution in [2.24, 2.45) is 5.92 Å². The third-order valence-electron chi connectivity index (χ3n) is 4.28. The van der Waals surface area contributed by atoms with Gasteiger partial charge in [0.05, 0.1) is 0 Å². The molecular formula is C17H24FN3. The Hall–Kier alpha value is -1.42. The number of nitrogens with zero attached hydrogens (tertiary/aromatic N) is 3. The second-order valence-corrected chi connectivity index (χ2v) is 6.82. The van der Waals surface area contributed by atoms with Crippen LogP contribution in [0.1, 0.15) is 26.7 Å². The predicted octanol–water partition coefficient (Wildman–Crippen LogP) is 3.50. The van der Waals surface area contributed by atoms with E-state index in [1.165, 1.54) is 5.39 Å². The zero-order valence-electron chi connectivity index (χ0n) is 12.9. The zero-order valence-corrected chi connectivity index (χ0v) is 12.9. The lowest BCUT2D eigenvalue weighted by Gasteiger charge is -2.34. The van der Waals surface area contributed by atoms with Crippen LogP contribution in [0.3, 0.4) is 0 Å². The first-order valence-corrected chi connectivity index (χ1v) is 7.82. The number of halogens is 1. The molecule has 0 atom stereocenters. The van der Waals surface area contributed by atoms with Crippen molar-refractivity contribution in [3.63, 3.8) is 0 Å². The molecule has 0 radical (unpaired) electrons. The summed E-state index contributed by atoms with van der Waals surface area (Å²) >= 11 is 0. The summed E-state index contributed by atoms with van der Waals surface area (Å²) in [5, 5.41) is 1.20. The van der Waals surface area contributed by atoms with Crippen molar-refractivity contribution < 1.29 is 4.39 Å². The first-order chi connectivity index (χ1) is 10.0. The normalized spacial score (nSPS) is 18.4. The number of pyridine rings is 1. The molecule has 3 nitrogen and oxygen atoms in total. The fourth-order valence-corrected chi connectivity index (χ4v) is 3.30. The first-order valence-electron chi connectivity index (χ1n) is 7.82. The molecule has 0 aromatic carbocycles. The largest absolute Gasteiger partial charge is 0.332 e. The average molecular weight is 289 g/mol. The maximum Gasteiger partial charge on any atom is 0.139 e. The van der Waals surface area contributed by atoms with Gasteiger partial charge in [0, 0.05) is 30.9 Å². The Morgan fingerprint density at radius 1 is 1.29 bits per heavy atom. The molecule has 3 rings (SSSR count). The molecule has 0 unspecified atom stereocenters. The van der Waals surface area contributed by atoms with Gasteiger partial charge in [-0.25, -0.2) is 9.37 Å². The van der Waals surface area contributed by atoms with Crippen LogP contribution >= 0.6 is 0 Å². The predicted molar refractivity (Wildman–Crippen MR) is 84.1 cm³/mol. The standard InChI is InChI=1S/C17H24FN3/c1-17(2,18)13-20-9-5-14(6-10-20)12-21-11-7-15-4-3-8-19-16(15)21/h3-4,7-8,11,14H,5-6,9-10,12-13H2,1-2H3. The van der Waals surface area contributed by atoms with Gasteiger partial charge in [-0.05, 0) is 63.9 Å². The van der Waals surface area contributed by atoms with Crippen molar-refractivity contribution in [1.29, 1.82) is 0 Å². The van der Waals surface area contributed by atoms with Gasteiger partial charge in [-0.15, -0.1) is 0 Å². The van der Waals surface area contributed by atoms with Gasteiger partial charge in [0.2, 0.25) is 0 Å². The Labute approximate surface area is 125 Å². The van der Waals surface area contributed by atoms with E-state index in [1.807, 2.05) is 12.3 Å². The molecule has 0 amide bonds. The highest BCUT2D eigenvalue weighted by Crippen LogP contribution is 2.23. The summed E-state index contributed by atoms with van der Waals surface area (Å²) in [5.41, 5.74) is -0.0160. The van der Waals surface area contributed by atoms with E-state index in [9.17, 15) is 4.39 Å². The third-order valence-corrected chi connectivity index (χ3v) is 4.28. The van der Waals surface area contributed by atoms with Crippen molar-refractivity contribution in [3.05, 3.63) is 30.6 Å². The lowest BCUT2D eigenvalue weighted by Crippen LogP contribution is -2.41. The molecule has 1 fully saturated rings. The molecule has 0 saturated carbocycles. The molecule has 3 heterocycles. The van der Waals surface area contributed by atoms with Crippen LogP contribution in [-0.4, -0.2) is 39.8 Å². The molecule has 0 N–H and O–H groups in total. The lowest BCUT2D eigenvalue weighted by atomic mass is 9.96. The molecule has 4 heteroatoms. The fraction of sp³-hybridized carbons (Fsp3) is 0.588. The summed E-state index contributed by atoms with van der Waals surface area (Å²) in [4.78, 5) is 6.73. The van der Waals surface area contributed by atoms with Gasteiger partial charge in [-0.1, -0.05) is 0 Å². The number of rotatable bonds is 4. The van der Waals surface area contributed by atoms with Crippen molar-refractivity contribution in [2.75, 3.05) is 19.6 Å². The highest BCUT2D eigenvalue weighted by molar-refractivity contribution is 5.75. The van der Waals surface area contributed by atoms with Gasteiger partial charge < -0.3 is 9.47 Å². The second kappa shape index (κ2) is 5.76. The Bertz CT molecular complexity index is 591. The number of aromatic nitrogens is 2. The molecule has 1 aliphatic heterocycles. The first kappa shape index (κ1) is 14.5. The van der Waals surface area contributed by atoms with Crippen LogP contribution in [0.5, 0.6) is 0 Å². The number of fused-ring (bicyclic) bond motifs is 1. The van der Waals surface area contributed by atoms with E-state index in [2.05, 4.69) is 32.8 Å². The summed E-state index contributed by atoms with van der Waals surface area (Å²) in [6, 6.07) is 6.21. The maximum absolute atomic E-state index is 13.7. The van der Waals surface area contributed by atoms with Crippen molar-refractivity contribution >= 4 is 11.0 Å². The third kappa shape index (κ3) is 3.62. The summed E-state index contributed by atoms with van der Waals surface area (Å²) in [5.74, 6) is 0.668. The quantitative estimate of drug-likeness (QED) is 0.859. The monoisotopic (exact) mass is 289 g/mol. The van der Waals surface area contributed by atoms with E-state index >= 15 is 0 Å². The van der Waals surface area contributed by atoms with E-state index in [-0.39, 0.29) is 0 Å². The van der Waals surface area contributed by atoms with Crippen LogP contribution in [-0.2, 0) is 6.54 Å². The van der Waals surface area contributed by atoms with E-state index < -0.39 is 5.67 Å². The summed E-state index contributed by atoms with van der Waals surface area (Å²) in [6.07, 6.45) is 6.27. The van der Waals surface area contributed by atoms with Crippen LogP contribution in [0.25, 0.3) is 11.0 Å². The number of alkyl halides is 1. The average Bonchev–Trinajstić information content (AvgIpc) is 2.83. The van der Waals surface area contributed by atoms with Crippen molar-refractivity contribution in [2.45, 2.75) is 38.9 Å². The van der Waals surface area contributed by atoms with Crippen LogP contribution < -0.4 is 0 Å². The van der Waals surface area contributed by atoms with Gasteiger partial charge in [0.15, 0.2) is 0 Å².